The molecule has 2 aromatic rings. The molecule has 0 saturated carbocycles. The zero-order valence-electron chi connectivity index (χ0n) is 11.5. The highest BCUT2D eigenvalue weighted by molar-refractivity contribution is 6.33. The van der Waals surface area contributed by atoms with E-state index in [9.17, 15) is 4.39 Å². The fourth-order valence-electron chi connectivity index (χ4n) is 2.12. The van der Waals surface area contributed by atoms with Crippen LogP contribution >= 0.6 is 34.8 Å². The van der Waals surface area contributed by atoms with Gasteiger partial charge in [-0.1, -0.05) is 47.8 Å². The lowest BCUT2D eigenvalue weighted by Crippen LogP contribution is -2.23. The van der Waals surface area contributed by atoms with Gasteiger partial charge in [0.25, 0.3) is 0 Å². The lowest BCUT2D eigenvalue weighted by molar-refractivity contribution is 0.586. The summed E-state index contributed by atoms with van der Waals surface area (Å²) in [5.74, 6) is -0.449. The van der Waals surface area contributed by atoms with E-state index in [-0.39, 0.29) is 11.1 Å². The second kappa shape index (κ2) is 7.46. The first-order valence-corrected chi connectivity index (χ1v) is 7.79. The largest absolute Gasteiger partial charge is 0.306 e. The monoisotopic (exact) mass is 345 g/mol. The Labute approximate surface area is 139 Å². The second-order valence-electron chi connectivity index (χ2n) is 4.73. The number of nitrogens with one attached hydrogen (secondary N) is 1. The molecule has 0 heterocycles. The third-order valence-electron chi connectivity index (χ3n) is 3.14. The maximum atomic E-state index is 13.7. The third kappa shape index (κ3) is 4.10. The molecule has 21 heavy (non-hydrogen) atoms. The van der Waals surface area contributed by atoms with Crippen molar-refractivity contribution in [3.63, 3.8) is 0 Å². The molecule has 0 aliphatic heterocycles. The first kappa shape index (κ1) is 16.6. The molecule has 0 amide bonds. The molecule has 0 spiro atoms. The zero-order valence-corrected chi connectivity index (χ0v) is 13.7. The first-order chi connectivity index (χ1) is 10.0. The molecular formula is C16H15Cl3FN. The van der Waals surface area contributed by atoms with Gasteiger partial charge >= 0.3 is 0 Å². The van der Waals surface area contributed by atoms with Crippen molar-refractivity contribution in [2.75, 3.05) is 6.54 Å². The van der Waals surface area contributed by atoms with E-state index < -0.39 is 5.82 Å². The van der Waals surface area contributed by atoms with Gasteiger partial charge in [-0.15, -0.1) is 0 Å². The fourth-order valence-corrected chi connectivity index (χ4v) is 2.65. The molecule has 0 bridgehead atoms. The molecule has 2 rings (SSSR count). The number of hydrogen-bond acceptors (Lipinski definition) is 1. The van der Waals surface area contributed by atoms with E-state index in [1.807, 2.05) is 0 Å². The van der Waals surface area contributed by atoms with Crippen LogP contribution in [0.1, 0.15) is 30.5 Å². The number of halogens is 4. The third-order valence-corrected chi connectivity index (χ3v) is 4.03. The molecule has 0 radical (unpaired) electrons. The molecule has 0 saturated heterocycles. The minimum absolute atomic E-state index is 0.102. The predicted molar refractivity (Wildman–Crippen MR) is 88.0 cm³/mol. The quantitative estimate of drug-likeness (QED) is 0.713. The van der Waals surface area contributed by atoms with E-state index >= 15 is 0 Å². The number of hydrogen-bond donors (Lipinski definition) is 1. The summed E-state index contributed by atoms with van der Waals surface area (Å²) in [7, 11) is 0. The predicted octanol–water partition coefficient (Wildman–Crippen LogP) is 5.87. The average molecular weight is 347 g/mol. The molecule has 1 unspecified atom stereocenters. The van der Waals surface area contributed by atoms with Crippen molar-refractivity contribution in [3.8, 4) is 0 Å². The summed E-state index contributed by atoms with van der Waals surface area (Å²) in [6, 6.07) is 9.79. The summed E-state index contributed by atoms with van der Waals surface area (Å²) in [4.78, 5) is 0. The first-order valence-electron chi connectivity index (χ1n) is 6.66. The van der Waals surface area contributed by atoms with Gasteiger partial charge in [0.1, 0.15) is 5.82 Å². The molecule has 5 heteroatoms. The van der Waals surface area contributed by atoms with E-state index in [0.717, 1.165) is 24.1 Å². The second-order valence-corrected chi connectivity index (χ2v) is 5.98. The van der Waals surface area contributed by atoms with Crippen molar-refractivity contribution in [2.24, 2.45) is 0 Å². The fraction of sp³-hybridized carbons (Fsp3) is 0.250. The summed E-state index contributed by atoms with van der Waals surface area (Å²) >= 11 is 18.1. The number of benzene rings is 2. The van der Waals surface area contributed by atoms with Crippen LogP contribution in [0.3, 0.4) is 0 Å². The van der Waals surface area contributed by atoms with Crippen LogP contribution in [-0.4, -0.2) is 6.54 Å². The Bertz CT molecular complexity index is 631. The summed E-state index contributed by atoms with van der Waals surface area (Å²) < 4.78 is 13.7. The summed E-state index contributed by atoms with van der Waals surface area (Å²) in [6.07, 6.45) is 0.949. The Balaban J connectivity index is 2.46. The van der Waals surface area contributed by atoms with Crippen molar-refractivity contribution in [3.05, 3.63) is 68.4 Å². The lowest BCUT2D eigenvalue weighted by Gasteiger charge is -2.21. The van der Waals surface area contributed by atoms with Crippen LogP contribution in [0.15, 0.2) is 36.4 Å². The average Bonchev–Trinajstić information content (AvgIpc) is 2.46. The molecule has 0 aromatic heterocycles. The topological polar surface area (TPSA) is 12.0 Å². The van der Waals surface area contributed by atoms with E-state index in [2.05, 4.69) is 12.2 Å². The van der Waals surface area contributed by atoms with Gasteiger partial charge in [0.15, 0.2) is 0 Å². The van der Waals surface area contributed by atoms with Gasteiger partial charge < -0.3 is 5.32 Å². The normalized spacial score (nSPS) is 12.4. The molecule has 1 nitrogen and oxygen atoms in total. The maximum Gasteiger partial charge on any atom is 0.142 e. The van der Waals surface area contributed by atoms with Gasteiger partial charge in [-0.2, -0.15) is 0 Å². The van der Waals surface area contributed by atoms with Crippen LogP contribution in [0.4, 0.5) is 4.39 Å². The highest BCUT2D eigenvalue weighted by atomic mass is 35.5. The van der Waals surface area contributed by atoms with Crippen molar-refractivity contribution in [2.45, 2.75) is 19.4 Å². The summed E-state index contributed by atoms with van der Waals surface area (Å²) in [6.45, 7) is 2.84. The van der Waals surface area contributed by atoms with E-state index in [1.165, 1.54) is 6.07 Å². The summed E-state index contributed by atoms with van der Waals surface area (Å²) in [5, 5.41) is 4.64. The molecular weight excluding hydrogens is 332 g/mol. The molecule has 1 N–H and O–H groups in total. The smallest absolute Gasteiger partial charge is 0.142 e. The van der Waals surface area contributed by atoms with Gasteiger partial charge in [0.05, 0.1) is 11.1 Å². The molecule has 0 aliphatic carbocycles. The maximum absolute atomic E-state index is 13.7. The van der Waals surface area contributed by atoms with Crippen LogP contribution in [0, 0.1) is 5.82 Å². The molecule has 0 aliphatic rings. The minimum atomic E-state index is -0.449. The van der Waals surface area contributed by atoms with Crippen LogP contribution in [0.25, 0.3) is 0 Å². The van der Waals surface area contributed by atoms with Crippen LogP contribution < -0.4 is 5.32 Å². The van der Waals surface area contributed by atoms with E-state index in [1.54, 1.807) is 30.3 Å². The summed E-state index contributed by atoms with van der Waals surface area (Å²) in [5.41, 5.74) is 1.58. The Morgan fingerprint density at radius 1 is 1.05 bits per heavy atom. The molecule has 0 fully saturated rings. The Morgan fingerprint density at radius 2 is 1.76 bits per heavy atom. The highest BCUT2D eigenvalue weighted by Gasteiger charge is 2.18. The molecule has 2 aromatic carbocycles. The van der Waals surface area contributed by atoms with Crippen LogP contribution in [0.5, 0.6) is 0 Å². The number of rotatable bonds is 5. The van der Waals surface area contributed by atoms with Gasteiger partial charge in [0, 0.05) is 10.0 Å². The zero-order chi connectivity index (χ0) is 15.4. The Hall–Kier alpha value is -0.800. The van der Waals surface area contributed by atoms with Crippen molar-refractivity contribution in [1.82, 2.24) is 5.32 Å². The molecule has 112 valence electrons. The molecule has 1 atom stereocenters. The standard InChI is InChI=1S/C16H15Cl3FN/c1-2-7-21-16(10-3-5-14(19)15(20)8-10)12-9-11(17)4-6-13(12)18/h3-6,8-9,16,21H,2,7H2,1H3. The van der Waals surface area contributed by atoms with Crippen molar-refractivity contribution >= 4 is 34.8 Å². The SMILES string of the molecule is CCCNC(c1ccc(Cl)c(F)c1)c1cc(Cl)ccc1Cl. The Morgan fingerprint density at radius 3 is 2.43 bits per heavy atom. The van der Waals surface area contributed by atoms with E-state index in [4.69, 9.17) is 34.8 Å². The van der Waals surface area contributed by atoms with E-state index in [0.29, 0.717) is 10.0 Å². The van der Waals surface area contributed by atoms with Gasteiger partial charge in [-0.05, 0) is 54.4 Å². The minimum Gasteiger partial charge on any atom is -0.306 e. The van der Waals surface area contributed by atoms with Crippen molar-refractivity contribution < 1.29 is 4.39 Å². The van der Waals surface area contributed by atoms with Crippen LogP contribution in [-0.2, 0) is 0 Å². The van der Waals surface area contributed by atoms with Crippen molar-refractivity contribution in [1.29, 1.82) is 0 Å². The Kier molecular flexibility index (Phi) is 5.88. The van der Waals surface area contributed by atoms with Crippen LogP contribution in [0.2, 0.25) is 15.1 Å². The van der Waals surface area contributed by atoms with Gasteiger partial charge in [-0.3, -0.25) is 0 Å². The lowest BCUT2D eigenvalue weighted by atomic mass is 9.98. The van der Waals surface area contributed by atoms with Gasteiger partial charge in [0.2, 0.25) is 0 Å². The highest BCUT2D eigenvalue weighted by Crippen LogP contribution is 2.32. The van der Waals surface area contributed by atoms with Gasteiger partial charge in [-0.25, -0.2) is 4.39 Å².